The standard InChI is InChI=1S/C10H8IN3O2/c11-14-6-9(12-13-14)10(15)16-7-8-4-2-1-3-5-8/h1-6H,7H2. The molecule has 0 bridgehead atoms. The summed E-state index contributed by atoms with van der Waals surface area (Å²) in [5.74, 6) is -0.466. The van der Waals surface area contributed by atoms with Crippen LogP contribution >= 0.6 is 22.9 Å². The number of benzene rings is 1. The molecule has 1 aromatic carbocycles. The minimum atomic E-state index is -0.466. The second kappa shape index (κ2) is 5.06. The van der Waals surface area contributed by atoms with Crippen LogP contribution in [0.5, 0.6) is 0 Å². The molecule has 0 N–H and O–H groups in total. The first-order valence-corrected chi connectivity index (χ1v) is 5.52. The maximum absolute atomic E-state index is 11.5. The first-order chi connectivity index (χ1) is 7.75. The normalized spacial score (nSPS) is 10.1. The average molecular weight is 329 g/mol. The van der Waals surface area contributed by atoms with Crippen molar-refractivity contribution in [1.29, 1.82) is 0 Å². The van der Waals surface area contributed by atoms with Crippen LogP contribution in [0.25, 0.3) is 0 Å². The molecule has 0 spiro atoms. The lowest BCUT2D eigenvalue weighted by Gasteiger charge is -2.01. The smallest absolute Gasteiger partial charge is 0.360 e. The predicted molar refractivity (Wildman–Crippen MR) is 65.0 cm³/mol. The van der Waals surface area contributed by atoms with E-state index >= 15 is 0 Å². The van der Waals surface area contributed by atoms with Crippen molar-refractivity contribution in [2.24, 2.45) is 0 Å². The molecular weight excluding hydrogens is 321 g/mol. The van der Waals surface area contributed by atoms with Gasteiger partial charge < -0.3 is 4.74 Å². The molecule has 0 aliphatic rings. The van der Waals surface area contributed by atoms with Gasteiger partial charge in [0.1, 0.15) is 6.61 Å². The Bertz CT molecular complexity index is 484. The summed E-state index contributed by atoms with van der Waals surface area (Å²) in [7, 11) is 0. The van der Waals surface area contributed by atoms with Crippen LogP contribution in [0, 0.1) is 0 Å². The first-order valence-electron chi connectivity index (χ1n) is 4.55. The lowest BCUT2D eigenvalue weighted by atomic mass is 10.2. The van der Waals surface area contributed by atoms with Crippen LogP contribution in [-0.4, -0.2) is 19.2 Å². The second-order valence-electron chi connectivity index (χ2n) is 3.05. The summed E-state index contributed by atoms with van der Waals surface area (Å²) in [6.07, 6.45) is 1.51. The highest BCUT2D eigenvalue weighted by molar-refractivity contribution is 14.1. The third kappa shape index (κ3) is 2.78. The zero-order valence-electron chi connectivity index (χ0n) is 8.21. The average Bonchev–Trinajstić information content (AvgIpc) is 2.74. The number of carbonyl (C=O) groups is 1. The van der Waals surface area contributed by atoms with Gasteiger partial charge >= 0.3 is 5.97 Å². The molecule has 1 aromatic heterocycles. The molecule has 0 radical (unpaired) electrons. The van der Waals surface area contributed by atoms with Crippen molar-refractivity contribution < 1.29 is 9.53 Å². The van der Waals surface area contributed by atoms with Crippen LogP contribution < -0.4 is 0 Å². The van der Waals surface area contributed by atoms with E-state index < -0.39 is 5.97 Å². The molecule has 2 aromatic rings. The number of halogens is 1. The van der Waals surface area contributed by atoms with Gasteiger partial charge in [0.2, 0.25) is 0 Å². The molecule has 16 heavy (non-hydrogen) atoms. The molecule has 2 rings (SSSR count). The van der Waals surface area contributed by atoms with Crippen molar-refractivity contribution in [3.8, 4) is 0 Å². The van der Waals surface area contributed by atoms with Gasteiger partial charge in [-0.05, 0) is 5.56 Å². The van der Waals surface area contributed by atoms with Crippen LogP contribution in [0.15, 0.2) is 36.5 Å². The van der Waals surface area contributed by atoms with E-state index in [2.05, 4.69) is 10.3 Å². The Morgan fingerprint density at radius 2 is 2.12 bits per heavy atom. The summed E-state index contributed by atoms with van der Waals surface area (Å²) in [5, 5.41) is 7.30. The quantitative estimate of drug-likeness (QED) is 0.637. The molecule has 0 atom stereocenters. The Balaban J connectivity index is 1.94. The van der Waals surface area contributed by atoms with Gasteiger partial charge in [0.25, 0.3) is 0 Å². The summed E-state index contributed by atoms with van der Waals surface area (Å²) in [6.45, 7) is 0.244. The zero-order chi connectivity index (χ0) is 11.4. The Hall–Kier alpha value is -1.44. The van der Waals surface area contributed by atoms with E-state index in [9.17, 15) is 4.79 Å². The predicted octanol–water partition coefficient (Wildman–Crippen LogP) is 1.83. The van der Waals surface area contributed by atoms with E-state index in [0.29, 0.717) is 0 Å². The minimum Gasteiger partial charge on any atom is -0.456 e. The number of esters is 1. The molecule has 0 aliphatic carbocycles. The van der Waals surface area contributed by atoms with E-state index in [1.165, 1.54) is 9.09 Å². The molecule has 0 saturated heterocycles. The lowest BCUT2D eigenvalue weighted by molar-refractivity contribution is 0.0465. The summed E-state index contributed by atoms with van der Waals surface area (Å²) in [4.78, 5) is 11.5. The van der Waals surface area contributed by atoms with Crippen molar-refractivity contribution in [2.75, 3.05) is 0 Å². The number of nitrogens with zero attached hydrogens (tertiary/aromatic N) is 3. The Kier molecular flexibility index (Phi) is 3.50. The van der Waals surface area contributed by atoms with Gasteiger partial charge in [-0.15, -0.1) is 5.10 Å². The molecule has 0 fully saturated rings. The zero-order valence-corrected chi connectivity index (χ0v) is 10.4. The van der Waals surface area contributed by atoms with Crippen molar-refractivity contribution in [3.63, 3.8) is 0 Å². The monoisotopic (exact) mass is 329 g/mol. The topological polar surface area (TPSA) is 57.0 Å². The van der Waals surface area contributed by atoms with Gasteiger partial charge in [-0.2, -0.15) is 2.90 Å². The summed E-state index contributed by atoms with van der Waals surface area (Å²) in [5.41, 5.74) is 1.16. The van der Waals surface area contributed by atoms with Crippen LogP contribution in [0.4, 0.5) is 0 Å². The molecular formula is C10H8IN3O2. The molecule has 82 valence electrons. The fourth-order valence-electron chi connectivity index (χ4n) is 1.13. The third-order valence-corrected chi connectivity index (χ3v) is 2.36. The molecule has 0 saturated carbocycles. The molecule has 6 heteroatoms. The lowest BCUT2D eigenvalue weighted by Crippen LogP contribution is -2.05. The van der Waals surface area contributed by atoms with E-state index in [0.717, 1.165) is 5.56 Å². The number of hydrogen-bond acceptors (Lipinski definition) is 4. The molecule has 5 nitrogen and oxygen atoms in total. The number of rotatable bonds is 3. The highest BCUT2D eigenvalue weighted by Crippen LogP contribution is 2.04. The Morgan fingerprint density at radius 1 is 1.38 bits per heavy atom. The van der Waals surface area contributed by atoms with Crippen LogP contribution in [0.2, 0.25) is 0 Å². The van der Waals surface area contributed by atoms with Crippen LogP contribution in [-0.2, 0) is 11.3 Å². The van der Waals surface area contributed by atoms with Gasteiger partial charge in [0, 0.05) is 0 Å². The van der Waals surface area contributed by atoms with Crippen molar-refractivity contribution in [3.05, 3.63) is 47.8 Å². The van der Waals surface area contributed by atoms with Crippen LogP contribution in [0.3, 0.4) is 0 Å². The van der Waals surface area contributed by atoms with E-state index in [1.54, 1.807) is 0 Å². The molecule has 0 aliphatic heterocycles. The first kappa shape index (κ1) is 11.1. The third-order valence-electron chi connectivity index (χ3n) is 1.89. The van der Waals surface area contributed by atoms with Gasteiger partial charge in [0.15, 0.2) is 5.69 Å². The maximum atomic E-state index is 11.5. The number of aromatic nitrogens is 3. The van der Waals surface area contributed by atoms with Gasteiger partial charge in [-0.1, -0.05) is 35.5 Å². The van der Waals surface area contributed by atoms with Gasteiger partial charge in [0.05, 0.1) is 29.1 Å². The molecule has 1 heterocycles. The second-order valence-corrected chi connectivity index (χ2v) is 4.04. The van der Waals surface area contributed by atoms with Crippen molar-refractivity contribution in [2.45, 2.75) is 6.61 Å². The van der Waals surface area contributed by atoms with Gasteiger partial charge in [-0.25, -0.2) is 4.79 Å². The highest BCUT2D eigenvalue weighted by atomic mass is 127. The van der Waals surface area contributed by atoms with E-state index in [4.69, 9.17) is 4.74 Å². The largest absolute Gasteiger partial charge is 0.456 e. The van der Waals surface area contributed by atoms with E-state index in [-0.39, 0.29) is 12.3 Å². The number of hydrogen-bond donors (Lipinski definition) is 0. The maximum Gasteiger partial charge on any atom is 0.360 e. The number of carbonyl (C=O) groups excluding carboxylic acids is 1. The van der Waals surface area contributed by atoms with E-state index in [1.807, 2.05) is 53.2 Å². The highest BCUT2D eigenvalue weighted by Gasteiger charge is 2.11. The van der Waals surface area contributed by atoms with Crippen molar-refractivity contribution >= 4 is 28.8 Å². The fraction of sp³-hybridized carbons (Fsp3) is 0.100. The summed E-state index contributed by atoms with van der Waals surface area (Å²) < 4.78 is 6.50. The van der Waals surface area contributed by atoms with Crippen molar-refractivity contribution in [1.82, 2.24) is 13.2 Å². The Morgan fingerprint density at radius 3 is 2.75 bits per heavy atom. The summed E-state index contributed by atoms with van der Waals surface area (Å²) >= 11 is 1.91. The SMILES string of the molecule is O=C(OCc1ccccc1)c1cn(I)nn1. The fourth-order valence-corrected chi connectivity index (χ4v) is 1.49. The Labute approximate surface area is 106 Å². The molecule has 0 amide bonds. The minimum absolute atomic E-state index is 0.213. The van der Waals surface area contributed by atoms with Crippen LogP contribution in [0.1, 0.15) is 16.1 Å². The summed E-state index contributed by atoms with van der Waals surface area (Å²) in [6, 6.07) is 9.48. The number of ether oxygens (including phenoxy) is 1. The molecule has 0 unspecified atom stereocenters. The van der Waals surface area contributed by atoms with Gasteiger partial charge in [-0.3, -0.25) is 0 Å².